The summed E-state index contributed by atoms with van der Waals surface area (Å²) in [7, 11) is 0. The first-order valence-electron chi connectivity index (χ1n) is 4.38. The number of nitrogen functional groups attached to an aromatic ring is 1. The molecule has 0 fully saturated rings. The van der Waals surface area contributed by atoms with E-state index in [1.54, 1.807) is 24.5 Å². The van der Waals surface area contributed by atoms with E-state index < -0.39 is 0 Å². The zero-order chi connectivity index (χ0) is 10.7. The molecule has 0 saturated carbocycles. The molecule has 4 heteroatoms. The Morgan fingerprint density at radius 2 is 2.13 bits per heavy atom. The fourth-order valence-electron chi connectivity index (χ4n) is 1.24. The molecule has 0 aliphatic heterocycles. The van der Waals surface area contributed by atoms with E-state index in [2.05, 4.69) is 9.97 Å². The summed E-state index contributed by atoms with van der Waals surface area (Å²) in [4.78, 5) is 8.12. The maximum absolute atomic E-state index is 8.70. The Morgan fingerprint density at radius 1 is 1.27 bits per heavy atom. The number of pyridine rings is 2. The van der Waals surface area contributed by atoms with Crippen LogP contribution in [-0.4, -0.2) is 9.97 Å². The van der Waals surface area contributed by atoms with Crippen LogP contribution in [0.4, 0.5) is 5.82 Å². The Hall–Kier alpha value is -2.41. The van der Waals surface area contributed by atoms with Crippen molar-refractivity contribution >= 4 is 5.82 Å². The van der Waals surface area contributed by atoms with Gasteiger partial charge in [0, 0.05) is 18.0 Å². The van der Waals surface area contributed by atoms with E-state index in [0.717, 1.165) is 11.3 Å². The van der Waals surface area contributed by atoms with Crippen molar-refractivity contribution < 1.29 is 0 Å². The second-order valence-corrected chi connectivity index (χ2v) is 2.98. The normalized spacial score (nSPS) is 9.53. The fourth-order valence-corrected chi connectivity index (χ4v) is 1.24. The maximum Gasteiger partial charge on any atom is 0.142 e. The number of nitrogens with two attached hydrogens (primary N) is 1. The highest BCUT2D eigenvalue weighted by molar-refractivity contribution is 5.62. The molecule has 0 saturated heterocycles. The largest absolute Gasteiger partial charge is 0.383 e. The lowest BCUT2D eigenvalue weighted by Crippen LogP contribution is -1.96. The van der Waals surface area contributed by atoms with Crippen molar-refractivity contribution in [3.05, 3.63) is 42.2 Å². The molecule has 0 bridgehead atoms. The number of nitriles is 1. The van der Waals surface area contributed by atoms with E-state index in [1.165, 1.54) is 0 Å². The predicted molar refractivity (Wildman–Crippen MR) is 56.6 cm³/mol. The summed E-state index contributed by atoms with van der Waals surface area (Å²) < 4.78 is 0. The van der Waals surface area contributed by atoms with Crippen LogP contribution in [0.15, 0.2) is 36.7 Å². The topological polar surface area (TPSA) is 75.6 Å². The van der Waals surface area contributed by atoms with E-state index in [0.29, 0.717) is 5.56 Å². The maximum atomic E-state index is 8.70. The summed E-state index contributed by atoms with van der Waals surface area (Å²) in [5, 5.41) is 8.70. The summed E-state index contributed by atoms with van der Waals surface area (Å²) in [5.41, 5.74) is 7.61. The molecule has 2 aromatic rings. The van der Waals surface area contributed by atoms with Gasteiger partial charge in [-0.2, -0.15) is 5.26 Å². The predicted octanol–water partition coefficient (Wildman–Crippen LogP) is 1.60. The molecule has 2 aromatic heterocycles. The van der Waals surface area contributed by atoms with Crippen molar-refractivity contribution in [1.29, 1.82) is 5.26 Å². The Balaban J connectivity index is 2.49. The van der Waals surface area contributed by atoms with Gasteiger partial charge in [0.15, 0.2) is 0 Å². The fraction of sp³-hybridized carbons (Fsp3) is 0. The molecule has 0 unspecified atom stereocenters. The Labute approximate surface area is 87.0 Å². The standard InChI is InChI=1S/C11H8N4/c12-6-8-3-4-10(15-11(8)13)9-2-1-5-14-7-9/h1-5,7H,(H2,13,15). The third-order valence-corrected chi connectivity index (χ3v) is 2.00. The van der Waals surface area contributed by atoms with Crippen LogP contribution in [0.2, 0.25) is 0 Å². The molecular formula is C11H8N4. The van der Waals surface area contributed by atoms with E-state index >= 15 is 0 Å². The van der Waals surface area contributed by atoms with Crippen molar-refractivity contribution in [3.8, 4) is 17.3 Å². The first-order chi connectivity index (χ1) is 7.31. The summed E-state index contributed by atoms with van der Waals surface area (Å²) in [5.74, 6) is 0.249. The van der Waals surface area contributed by atoms with Crippen molar-refractivity contribution in [2.24, 2.45) is 0 Å². The molecule has 0 atom stereocenters. The second kappa shape index (κ2) is 3.76. The van der Waals surface area contributed by atoms with Gasteiger partial charge in [-0.25, -0.2) is 4.98 Å². The van der Waals surface area contributed by atoms with Crippen LogP contribution in [-0.2, 0) is 0 Å². The molecule has 0 aliphatic rings. The average Bonchev–Trinajstić information content (AvgIpc) is 2.30. The van der Waals surface area contributed by atoms with Gasteiger partial charge in [-0.15, -0.1) is 0 Å². The van der Waals surface area contributed by atoms with Crippen molar-refractivity contribution in [1.82, 2.24) is 9.97 Å². The highest BCUT2D eigenvalue weighted by Gasteiger charge is 2.03. The van der Waals surface area contributed by atoms with Crippen molar-refractivity contribution in [2.75, 3.05) is 5.73 Å². The minimum absolute atomic E-state index is 0.249. The van der Waals surface area contributed by atoms with Gasteiger partial charge in [0.2, 0.25) is 0 Å². The first-order valence-corrected chi connectivity index (χ1v) is 4.38. The highest BCUT2D eigenvalue weighted by atomic mass is 14.8. The van der Waals surface area contributed by atoms with E-state index in [-0.39, 0.29) is 5.82 Å². The smallest absolute Gasteiger partial charge is 0.142 e. The van der Waals surface area contributed by atoms with Crippen LogP contribution in [0.1, 0.15) is 5.56 Å². The second-order valence-electron chi connectivity index (χ2n) is 2.98. The molecule has 72 valence electrons. The van der Waals surface area contributed by atoms with E-state index in [4.69, 9.17) is 11.0 Å². The number of anilines is 1. The van der Waals surface area contributed by atoms with Gasteiger partial charge in [-0.3, -0.25) is 4.98 Å². The minimum Gasteiger partial charge on any atom is -0.383 e. The molecule has 0 aliphatic carbocycles. The van der Waals surface area contributed by atoms with Crippen LogP contribution in [0.5, 0.6) is 0 Å². The third kappa shape index (κ3) is 1.76. The summed E-state index contributed by atoms with van der Waals surface area (Å²) >= 11 is 0. The molecule has 0 amide bonds. The first kappa shape index (κ1) is 9.16. The average molecular weight is 196 g/mol. The zero-order valence-electron chi connectivity index (χ0n) is 7.88. The Bertz CT molecular complexity index is 514. The molecule has 0 aromatic carbocycles. The number of hydrogen-bond donors (Lipinski definition) is 1. The lowest BCUT2D eigenvalue weighted by molar-refractivity contribution is 1.27. The van der Waals surface area contributed by atoms with Crippen LogP contribution in [0, 0.1) is 11.3 Å². The Morgan fingerprint density at radius 3 is 2.73 bits per heavy atom. The van der Waals surface area contributed by atoms with Gasteiger partial charge in [-0.05, 0) is 24.3 Å². The van der Waals surface area contributed by atoms with Gasteiger partial charge in [0.25, 0.3) is 0 Å². The summed E-state index contributed by atoms with van der Waals surface area (Å²) in [6.07, 6.45) is 3.39. The van der Waals surface area contributed by atoms with Crippen molar-refractivity contribution in [3.63, 3.8) is 0 Å². The lowest BCUT2D eigenvalue weighted by atomic mass is 10.1. The van der Waals surface area contributed by atoms with Crippen LogP contribution >= 0.6 is 0 Å². The van der Waals surface area contributed by atoms with Crippen molar-refractivity contribution in [2.45, 2.75) is 0 Å². The van der Waals surface area contributed by atoms with Gasteiger partial charge < -0.3 is 5.73 Å². The van der Waals surface area contributed by atoms with Crippen LogP contribution in [0.25, 0.3) is 11.3 Å². The molecular weight excluding hydrogens is 188 g/mol. The monoisotopic (exact) mass is 196 g/mol. The van der Waals surface area contributed by atoms with Crippen LogP contribution in [0.3, 0.4) is 0 Å². The van der Waals surface area contributed by atoms with E-state index in [9.17, 15) is 0 Å². The Kier molecular flexibility index (Phi) is 2.30. The third-order valence-electron chi connectivity index (χ3n) is 2.00. The number of nitrogens with zero attached hydrogens (tertiary/aromatic N) is 3. The van der Waals surface area contributed by atoms with Gasteiger partial charge in [0.05, 0.1) is 11.3 Å². The quantitative estimate of drug-likeness (QED) is 0.751. The summed E-state index contributed by atoms with van der Waals surface area (Å²) in [6, 6.07) is 9.10. The van der Waals surface area contributed by atoms with Crippen LogP contribution < -0.4 is 5.73 Å². The molecule has 2 N–H and O–H groups in total. The molecule has 2 heterocycles. The highest BCUT2D eigenvalue weighted by Crippen LogP contribution is 2.18. The van der Waals surface area contributed by atoms with Gasteiger partial charge >= 0.3 is 0 Å². The van der Waals surface area contributed by atoms with Gasteiger partial charge in [-0.1, -0.05) is 0 Å². The molecule has 0 spiro atoms. The zero-order valence-corrected chi connectivity index (χ0v) is 7.88. The molecule has 2 rings (SSSR count). The molecule has 15 heavy (non-hydrogen) atoms. The van der Waals surface area contributed by atoms with E-state index in [1.807, 2.05) is 18.2 Å². The molecule has 4 nitrogen and oxygen atoms in total. The SMILES string of the molecule is N#Cc1ccc(-c2cccnc2)nc1N. The summed E-state index contributed by atoms with van der Waals surface area (Å²) in [6.45, 7) is 0. The molecule has 0 radical (unpaired) electrons. The minimum atomic E-state index is 0.249. The lowest BCUT2D eigenvalue weighted by Gasteiger charge is -2.01. The van der Waals surface area contributed by atoms with Gasteiger partial charge in [0.1, 0.15) is 11.9 Å². The number of hydrogen-bond acceptors (Lipinski definition) is 4. The number of aromatic nitrogens is 2. The number of rotatable bonds is 1.